The van der Waals surface area contributed by atoms with Crippen LogP contribution in [0, 0.1) is 0 Å². The van der Waals surface area contributed by atoms with Crippen molar-refractivity contribution >= 4 is 51.6 Å². The predicted octanol–water partition coefficient (Wildman–Crippen LogP) is 1.70. The first-order valence-corrected chi connectivity index (χ1v) is 9.26. The second kappa shape index (κ2) is 7.13. The van der Waals surface area contributed by atoms with Gasteiger partial charge in [0, 0.05) is 23.8 Å². The van der Waals surface area contributed by atoms with E-state index < -0.39 is 11.9 Å². The number of hydrogen-bond donors (Lipinski definition) is 3. The highest BCUT2D eigenvalue weighted by atomic mass is 35.5. The summed E-state index contributed by atoms with van der Waals surface area (Å²) in [5.74, 6) is -1.03. The highest BCUT2D eigenvalue weighted by Crippen LogP contribution is 2.50. The van der Waals surface area contributed by atoms with Gasteiger partial charge in [-0.3, -0.25) is 24.5 Å². The minimum atomic E-state index is -0.727. The average molecular weight is 384 g/mol. The summed E-state index contributed by atoms with van der Waals surface area (Å²) in [6, 6.07) is -0.727. The van der Waals surface area contributed by atoms with Gasteiger partial charge in [-0.1, -0.05) is 11.6 Å². The van der Waals surface area contributed by atoms with Crippen LogP contribution in [0.4, 0.5) is 5.00 Å². The van der Waals surface area contributed by atoms with Crippen molar-refractivity contribution in [2.75, 3.05) is 5.32 Å². The van der Waals surface area contributed by atoms with Gasteiger partial charge in [-0.25, -0.2) is 0 Å². The van der Waals surface area contributed by atoms with Gasteiger partial charge >= 0.3 is 0 Å². The molecule has 0 aromatic carbocycles. The van der Waals surface area contributed by atoms with E-state index >= 15 is 0 Å². The maximum Gasteiger partial charge on any atom is 0.249 e. The van der Waals surface area contributed by atoms with Crippen molar-refractivity contribution in [2.45, 2.75) is 51.0 Å². The molecule has 2 fully saturated rings. The van der Waals surface area contributed by atoms with E-state index in [4.69, 9.17) is 11.6 Å². The van der Waals surface area contributed by atoms with Crippen molar-refractivity contribution < 1.29 is 19.2 Å². The molecule has 1 aliphatic carbocycles. The van der Waals surface area contributed by atoms with Crippen LogP contribution < -0.4 is 16.0 Å². The summed E-state index contributed by atoms with van der Waals surface area (Å²) in [7, 11) is 0. The minimum Gasteiger partial charge on any atom is -0.344 e. The highest BCUT2D eigenvalue weighted by Gasteiger charge is 2.32. The molecule has 1 aromatic heterocycles. The molecule has 1 atom stereocenters. The number of piperidine rings is 1. The summed E-state index contributed by atoms with van der Waals surface area (Å²) < 4.78 is 0. The molecule has 25 heavy (non-hydrogen) atoms. The van der Waals surface area contributed by atoms with E-state index in [1.807, 2.05) is 0 Å². The molecule has 1 saturated carbocycles. The molecule has 2 heterocycles. The molecule has 0 spiro atoms. The largest absolute Gasteiger partial charge is 0.344 e. The first-order valence-electron chi connectivity index (χ1n) is 8.07. The van der Waals surface area contributed by atoms with Crippen LogP contribution in [-0.2, 0) is 25.6 Å². The molecule has 0 bridgehead atoms. The number of nitrogens with one attached hydrogen (secondary N) is 3. The Kier molecular flexibility index (Phi) is 5.10. The number of amides is 4. The van der Waals surface area contributed by atoms with E-state index in [0.717, 1.165) is 17.7 Å². The smallest absolute Gasteiger partial charge is 0.249 e. The van der Waals surface area contributed by atoms with Crippen LogP contribution in [0.5, 0.6) is 0 Å². The Labute approximate surface area is 153 Å². The quantitative estimate of drug-likeness (QED) is 0.673. The fraction of sp³-hybridized carbons (Fsp3) is 0.500. The van der Waals surface area contributed by atoms with Gasteiger partial charge in [0.05, 0.1) is 11.4 Å². The number of thiophene rings is 1. The number of carbonyl (C=O) groups excluding carboxylic acids is 4. The van der Waals surface area contributed by atoms with Gasteiger partial charge < -0.3 is 10.6 Å². The predicted molar refractivity (Wildman–Crippen MR) is 93.6 cm³/mol. The molecule has 3 N–H and O–H groups in total. The van der Waals surface area contributed by atoms with E-state index in [1.54, 1.807) is 0 Å². The molecular weight excluding hydrogens is 366 g/mol. The zero-order valence-corrected chi connectivity index (χ0v) is 15.2. The lowest BCUT2D eigenvalue weighted by Crippen LogP contribution is -2.52. The Hall–Kier alpha value is -1.93. The molecular formula is C16H18ClN3O4S. The number of halogens is 1. The normalized spacial score (nSPS) is 20.2. The van der Waals surface area contributed by atoms with Gasteiger partial charge in [-0.05, 0) is 25.2 Å². The second-order valence-corrected chi connectivity index (χ2v) is 7.72. The van der Waals surface area contributed by atoms with Crippen molar-refractivity contribution in [1.82, 2.24) is 10.6 Å². The lowest BCUT2D eigenvalue weighted by atomic mass is 10.1. The molecule has 1 unspecified atom stereocenters. The third-order valence-electron chi connectivity index (χ3n) is 4.12. The van der Waals surface area contributed by atoms with Gasteiger partial charge in [0.2, 0.25) is 23.6 Å². The summed E-state index contributed by atoms with van der Waals surface area (Å²) in [6.07, 6.45) is 2.55. The van der Waals surface area contributed by atoms with Crippen LogP contribution in [-0.4, -0.2) is 29.7 Å². The Morgan fingerprint density at radius 1 is 1.28 bits per heavy atom. The van der Waals surface area contributed by atoms with Crippen molar-refractivity contribution in [2.24, 2.45) is 0 Å². The summed E-state index contributed by atoms with van der Waals surface area (Å²) in [5, 5.41) is 8.67. The van der Waals surface area contributed by atoms with E-state index in [0.29, 0.717) is 21.5 Å². The summed E-state index contributed by atoms with van der Waals surface area (Å²) in [5.41, 5.74) is 0.577. The van der Waals surface area contributed by atoms with Crippen LogP contribution in [0.25, 0.3) is 0 Å². The molecule has 1 aromatic rings. The molecule has 7 nitrogen and oxygen atoms in total. The van der Waals surface area contributed by atoms with Crippen LogP contribution >= 0.6 is 22.9 Å². The Balaban J connectivity index is 1.72. The third kappa shape index (κ3) is 4.19. The van der Waals surface area contributed by atoms with Gasteiger partial charge in [-0.15, -0.1) is 11.3 Å². The number of rotatable bonds is 5. The summed E-state index contributed by atoms with van der Waals surface area (Å²) >= 11 is 7.84. The fourth-order valence-electron chi connectivity index (χ4n) is 2.73. The Bertz CT molecular complexity index is 757. The number of hydrogen-bond acceptors (Lipinski definition) is 5. The zero-order chi connectivity index (χ0) is 18.1. The van der Waals surface area contributed by atoms with Crippen molar-refractivity contribution in [3.63, 3.8) is 0 Å². The molecule has 9 heteroatoms. The monoisotopic (exact) mass is 383 g/mol. The van der Waals surface area contributed by atoms with E-state index in [-0.39, 0.29) is 37.0 Å². The van der Waals surface area contributed by atoms with E-state index in [9.17, 15) is 19.2 Å². The zero-order valence-electron chi connectivity index (χ0n) is 13.6. The maximum absolute atomic E-state index is 12.3. The highest BCUT2D eigenvalue weighted by molar-refractivity contribution is 7.17. The van der Waals surface area contributed by atoms with Gasteiger partial charge in [0.25, 0.3) is 0 Å². The van der Waals surface area contributed by atoms with Crippen molar-refractivity contribution in [3.8, 4) is 0 Å². The molecule has 134 valence electrons. The van der Waals surface area contributed by atoms with Crippen LogP contribution in [0.3, 0.4) is 0 Å². The minimum absolute atomic E-state index is 0.0323. The first-order chi connectivity index (χ1) is 11.8. The van der Waals surface area contributed by atoms with Gasteiger partial charge in [0.1, 0.15) is 11.0 Å². The average Bonchev–Trinajstić information content (AvgIpc) is 3.31. The lowest BCUT2D eigenvalue weighted by molar-refractivity contribution is -0.137. The standard InChI is InChI=1S/C16H18ClN3O4S/c1-7(21)18-16-9(13(17)14(25-16)8-2-3-8)6-12(23)19-10-4-5-11(22)20-15(10)24/h8,10H,2-6H2,1H3,(H,18,21)(H,19,23)(H,20,22,24). The lowest BCUT2D eigenvalue weighted by Gasteiger charge is -2.21. The maximum atomic E-state index is 12.3. The SMILES string of the molecule is CC(=O)Nc1sc(C2CC2)c(Cl)c1CC(=O)NC1CCC(=O)NC1=O. The Morgan fingerprint density at radius 2 is 2.00 bits per heavy atom. The van der Waals surface area contributed by atoms with Crippen LogP contribution in [0.15, 0.2) is 0 Å². The topological polar surface area (TPSA) is 104 Å². The molecule has 1 aliphatic heterocycles. The molecule has 0 radical (unpaired) electrons. The summed E-state index contributed by atoms with van der Waals surface area (Å²) in [6.45, 7) is 1.40. The third-order valence-corrected chi connectivity index (χ3v) is 5.97. The first kappa shape index (κ1) is 17.9. The summed E-state index contributed by atoms with van der Waals surface area (Å²) in [4.78, 5) is 47.7. The second-order valence-electron chi connectivity index (χ2n) is 6.29. The number of anilines is 1. The van der Waals surface area contributed by atoms with Crippen molar-refractivity contribution in [1.29, 1.82) is 0 Å². The molecule has 1 saturated heterocycles. The number of carbonyl (C=O) groups is 4. The van der Waals surface area contributed by atoms with Gasteiger partial charge in [0.15, 0.2) is 0 Å². The van der Waals surface area contributed by atoms with Crippen molar-refractivity contribution in [3.05, 3.63) is 15.5 Å². The molecule has 4 amide bonds. The fourth-order valence-corrected chi connectivity index (χ4v) is 4.54. The van der Waals surface area contributed by atoms with E-state index in [2.05, 4.69) is 16.0 Å². The molecule has 2 aliphatic rings. The Morgan fingerprint density at radius 3 is 2.60 bits per heavy atom. The van der Waals surface area contributed by atoms with Gasteiger partial charge in [-0.2, -0.15) is 0 Å². The number of imide groups is 1. The van der Waals surface area contributed by atoms with Crippen LogP contribution in [0.1, 0.15) is 49.0 Å². The van der Waals surface area contributed by atoms with E-state index in [1.165, 1.54) is 18.3 Å². The molecule has 3 rings (SSSR count). The van der Waals surface area contributed by atoms with Crippen LogP contribution in [0.2, 0.25) is 5.02 Å².